The molecular formula is C3H5N3S. The SMILES string of the molecule is NN=C1CSC=N1. The van der Waals surface area contributed by atoms with E-state index < -0.39 is 0 Å². The van der Waals surface area contributed by atoms with E-state index in [0.717, 1.165) is 11.6 Å². The summed E-state index contributed by atoms with van der Waals surface area (Å²) >= 11 is 1.60. The smallest absolute Gasteiger partial charge is 0.158 e. The molecule has 0 aromatic carbocycles. The van der Waals surface area contributed by atoms with Crippen LogP contribution in [0.3, 0.4) is 0 Å². The van der Waals surface area contributed by atoms with Crippen LogP contribution >= 0.6 is 11.8 Å². The molecular weight excluding hydrogens is 110 g/mol. The van der Waals surface area contributed by atoms with E-state index in [2.05, 4.69) is 10.1 Å². The number of nitrogens with two attached hydrogens (primary N) is 1. The fourth-order valence-corrected chi connectivity index (χ4v) is 0.887. The van der Waals surface area contributed by atoms with Crippen molar-refractivity contribution in [3.63, 3.8) is 0 Å². The summed E-state index contributed by atoms with van der Waals surface area (Å²) in [5.41, 5.74) is 1.74. The topological polar surface area (TPSA) is 50.7 Å². The molecule has 0 aliphatic carbocycles. The Morgan fingerprint density at radius 1 is 2.00 bits per heavy atom. The molecule has 1 aliphatic heterocycles. The average molecular weight is 115 g/mol. The Morgan fingerprint density at radius 2 is 2.86 bits per heavy atom. The van der Waals surface area contributed by atoms with Crippen molar-refractivity contribution in [3.8, 4) is 0 Å². The predicted octanol–water partition coefficient (Wildman–Crippen LogP) is 0.0337. The zero-order valence-electron chi connectivity index (χ0n) is 3.66. The van der Waals surface area contributed by atoms with Crippen molar-refractivity contribution in [2.45, 2.75) is 0 Å². The zero-order chi connectivity index (χ0) is 5.11. The van der Waals surface area contributed by atoms with Gasteiger partial charge in [0.25, 0.3) is 0 Å². The Labute approximate surface area is 45.7 Å². The first-order chi connectivity index (χ1) is 3.43. The third-order valence-electron chi connectivity index (χ3n) is 0.638. The van der Waals surface area contributed by atoms with E-state index in [9.17, 15) is 0 Å². The van der Waals surface area contributed by atoms with Crippen LogP contribution in [0.2, 0.25) is 0 Å². The highest BCUT2D eigenvalue weighted by atomic mass is 32.2. The predicted molar refractivity (Wildman–Crippen MR) is 32.6 cm³/mol. The Kier molecular flexibility index (Phi) is 1.31. The van der Waals surface area contributed by atoms with Crippen LogP contribution < -0.4 is 5.84 Å². The van der Waals surface area contributed by atoms with Crippen molar-refractivity contribution in [1.29, 1.82) is 0 Å². The minimum atomic E-state index is 0.727. The second kappa shape index (κ2) is 1.97. The minimum absolute atomic E-state index is 0.727. The van der Waals surface area contributed by atoms with Gasteiger partial charge in [-0.1, -0.05) is 0 Å². The molecule has 4 heteroatoms. The molecule has 0 saturated heterocycles. The second-order valence-electron chi connectivity index (χ2n) is 1.09. The molecule has 0 fully saturated rings. The molecule has 1 heterocycles. The van der Waals surface area contributed by atoms with Crippen LogP contribution in [-0.2, 0) is 0 Å². The van der Waals surface area contributed by atoms with Gasteiger partial charge in [-0.15, -0.1) is 11.8 Å². The van der Waals surface area contributed by atoms with Gasteiger partial charge in [0.05, 0.1) is 11.3 Å². The molecule has 0 spiro atoms. The molecule has 2 N–H and O–H groups in total. The quantitative estimate of drug-likeness (QED) is 0.358. The average Bonchev–Trinajstić information content (AvgIpc) is 2.14. The van der Waals surface area contributed by atoms with E-state index in [1.54, 1.807) is 17.3 Å². The highest BCUT2D eigenvalue weighted by molar-refractivity contribution is 8.13. The van der Waals surface area contributed by atoms with Gasteiger partial charge in [0, 0.05) is 0 Å². The van der Waals surface area contributed by atoms with E-state index >= 15 is 0 Å². The number of hydrogen-bond donors (Lipinski definition) is 1. The van der Waals surface area contributed by atoms with Gasteiger partial charge in [-0.3, -0.25) is 0 Å². The lowest BCUT2D eigenvalue weighted by Gasteiger charge is -1.80. The molecule has 0 radical (unpaired) electrons. The van der Waals surface area contributed by atoms with E-state index in [1.165, 1.54) is 0 Å². The van der Waals surface area contributed by atoms with Crippen LogP contribution in [-0.4, -0.2) is 17.1 Å². The molecule has 0 amide bonds. The van der Waals surface area contributed by atoms with Crippen LogP contribution in [0.15, 0.2) is 10.1 Å². The lowest BCUT2D eigenvalue weighted by molar-refractivity contribution is 1.23. The summed E-state index contributed by atoms with van der Waals surface area (Å²) in [6, 6.07) is 0. The van der Waals surface area contributed by atoms with Crippen LogP contribution in [0.5, 0.6) is 0 Å². The molecule has 0 atom stereocenters. The standard InChI is InChI=1S/C3H5N3S/c4-6-3-1-7-2-5-3/h2H,1,4H2. The molecule has 3 nitrogen and oxygen atoms in total. The van der Waals surface area contributed by atoms with Gasteiger partial charge >= 0.3 is 0 Å². The maximum Gasteiger partial charge on any atom is 0.158 e. The maximum atomic E-state index is 4.89. The number of hydrogen-bond acceptors (Lipinski definition) is 3. The number of hydrazone groups is 1. The van der Waals surface area contributed by atoms with Crippen LogP contribution in [0.25, 0.3) is 0 Å². The lowest BCUT2D eigenvalue weighted by atomic mass is 10.7. The summed E-state index contributed by atoms with van der Waals surface area (Å²) in [6.45, 7) is 0. The molecule has 0 saturated carbocycles. The fourth-order valence-electron chi connectivity index (χ4n) is 0.318. The highest BCUT2D eigenvalue weighted by Gasteiger charge is 1.99. The van der Waals surface area contributed by atoms with Crippen molar-refractivity contribution in [2.75, 3.05) is 5.75 Å². The van der Waals surface area contributed by atoms with Crippen LogP contribution in [0.4, 0.5) is 0 Å². The fraction of sp³-hybridized carbons (Fsp3) is 0.333. The molecule has 1 rings (SSSR count). The Bertz CT molecular complexity index is 115. The van der Waals surface area contributed by atoms with Gasteiger partial charge in [-0.25, -0.2) is 4.99 Å². The van der Waals surface area contributed by atoms with E-state index in [4.69, 9.17) is 5.84 Å². The number of thioether (sulfide) groups is 1. The van der Waals surface area contributed by atoms with Crippen molar-refractivity contribution >= 4 is 23.1 Å². The van der Waals surface area contributed by atoms with Crippen molar-refractivity contribution in [3.05, 3.63) is 0 Å². The van der Waals surface area contributed by atoms with Gasteiger partial charge in [-0.2, -0.15) is 5.10 Å². The third kappa shape index (κ3) is 0.928. The summed E-state index contributed by atoms with van der Waals surface area (Å²) in [5, 5.41) is 3.39. The van der Waals surface area contributed by atoms with E-state index in [1.807, 2.05) is 0 Å². The van der Waals surface area contributed by atoms with Crippen LogP contribution in [0, 0.1) is 0 Å². The Hall–Kier alpha value is -0.510. The molecule has 0 bridgehead atoms. The van der Waals surface area contributed by atoms with Gasteiger partial charge in [0.2, 0.25) is 0 Å². The molecule has 1 aliphatic rings. The van der Waals surface area contributed by atoms with Gasteiger partial charge in [-0.05, 0) is 0 Å². The number of nitrogens with zero attached hydrogens (tertiary/aromatic N) is 2. The minimum Gasteiger partial charge on any atom is -0.321 e. The Morgan fingerprint density at radius 3 is 3.14 bits per heavy atom. The monoisotopic (exact) mass is 115 g/mol. The largest absolute Gasteiger partial charge is 0.321 e. The number of rotatable bonds is 0. The maximum absolute atomic E-state index is 4.89. The van der Waals surface area contributed by atoms with Gasteiger partial charge in [0.15, 0.2) is 5.84 Å². The number of amidine groups is 1. The first-order valence-corrected chi connectivity index (χ1v) is 2.89. The van der Waals surface area contributed by atoms with Crippen molar-refractivity contribution < 1.29 is 0 Å². The van der Waals surface area contributed by atoms with Crippen molar-refractivity contribution in [1.82, 2.24) is 0 Å². The summed E-state index contributed by atoms with van der Waals surface area (Å²) in [6.07, 6.45) is 0. The van der Waals surface area contributed by atoms with Crippen LogP contribution in [0.1, 0.15) is 0 Å². The summed E-state index contributed by atoms with van der Waals surface area (Å²) < 4.78 is 0. The van der Waals surface area contributed by atoms with Gasteiger partial charge in [0.1, 0.15) is 0 Å². The zero-order valence-corrected chi connectivity index (χ0v) is 4.48. The molecule has 0 aromatic heterocycles. The van der Waals surface area contributed by atoms with Gasteiger partial charge < -0.3 is 5.84 Å². The van der Waals surface area contributed by atoms with E-state index in [0.29, 0.717) is 0 Å². The number of aliphatic imine (C=N–C) groups is 1. The second-order valence-corrected chi connectivity index (χ2v) is 1.92. The first-order valence-electron chi connectivity index (χ1n) is 1.84. The normalized spacial score (nSPS) is 24.3. The highest BCUT2D eigenvalue weighted by Crippen LogP contribution is 2.03. The summed E-state index contributed by atoms with van der Waals surface area (Å²) in [5.74, 6) is 6.45. The summed E-state index contributed by atoms with van der Waals surface area (Å²) in [7, 11) is 0. The third-order valence-corrected chi connectivity index (χ3v) is 1.32. The Balaban J connectivity index is 2.59. The molecule has 0 unspecified atom stereocenters. The van der Waals surface area contributed by atoms with E-state index in [-0.39, 0.29) is 0 Å². The molecule has 0 aromatic rings. The first kappa shape index (κ1) is 4.64. The van der Waals surface area contributed by atoms with Crippen molar-refractivity contribution in [2.24, 2.45) is 15.9 Å². The molecule has 38 valence electrons. The summed E-state index contributed by atoms with van der Waals surface area (Å²) in [4.78, 5) is 3.82. The lowest BCUT2D eigenvalue weighted by Crippen LogP contribution is -1.95. The molecule has 7 heavy (non-hydrogen) atoms.